The van der Waals surface area contributed by atoms with E-state index in [1.54, 1.807) is 5.32 Å². The zero-order valence-corrected chi connectivity index (χ0v) is 7.52. The molecule has 0 aromatic heterocycles. The smallest absolute Gasteiger partial charge is 0.471 e. The van der Waals surface area contributed by atoms with E-state index in [1.807, 2.05) is 0 Å². The van der Waals surface area contributed by atoms with Crippen LogP contribution in [0.3, 0.4) is 0 Å². The Morgan fingerprint density at radius 2 is 1.80 bits per heavy atom. The molecule has 2 saturated carbocycles. The molecule has 0 heterocycles. The summed E-state index contributed by atoms with van der Waals surface area (Å²) in [5, 5.41) is 10.4. The van der Waals surface area contributed by atoms with E-state index >= 15 is 0 Å². The number of alkyl halides is 3. The molecule has 0 aromatic carbocycles. The number of halogens is 3. The van der Waals surface area contributed by atoms with Crippen molar-refractivity contribution < 1.29 is 27.9 Å². The maximum atomic E-state index is 11.9. The highest BCUT2D eigenvalue weighted by Gasteiger charge is 2.79. The lowest BCUT2D eigenvalue weighted by Crippen LogP contribution is -2.50. The number of hydrogen-bond acceptors (Lipinski definition) is 2. The number of amides is 1. The molecule has 0 aliphatic heterocycles. The summed E-state index contributed by atoms with van der Waals surface area (Å²) < 4.78 is 35.8. The van der Waals surface area contributed by atoms with Crippen molar-refractivity contribution in [3.8, 4) is 0 Å². The summed E-state index contributed by atoms with van der Waals surface area (Å²) in [7, 11) is 0. The van der Waals surface area contributed by atoms with Gasteiger partial charge in [-0.3, -0.25) is 4.79 Å². The number of nitrogens with one attached hydrogen (secondary N) is 1. The molecule has 4 nitrogen and oxygen atoms in total. The molecule has 0 aromatic rings. The van der Waals surface area contributed by atoms with Crippen molar-refractivity contribution in [1.29, 1.82) is 0 Å². The van der Waals surface area contributed by atoms with Gasteiger partial charge >= 0.3 is 18.1 Å². The Bertz CT molecular complexity index is 348. The van der Waals surface area contributed by atoms with Crippen LogP contribution in [0, 0.1) is 5.41 Å². The highest BCUT2D eigenvalue weighted by molar-refractivity contribution is 5.94. The molecular weight excluding hydrogens is 215 g/mol. The first-order chi connectivity index (χ1) is 6.74. The van der Waals surface area contributed by atoms with Crippen molar-refractivity contribution in [2.75, 3.05) is 0 Å². The quantitative estimate of drug-likeness (QED) is 0.723. The van der Waals surface area contributed by atoms with E-state index in [-0.39, 0.29) is 6.42 Å². The molecule has 1 spiro atoms. The summed E-state index contributed by atoms with van der Waals surface area (Å²) in [4.78, 5) is 21.5. The van der Waals surface area contributed by atoms with E-state index in [4.69, 9.17) is 5.11 Å². The Labute approximate surface area is 82.4 Å². The number of carboxylic acid groups (broad SMARTS) is 1. The van der Waals surface area contributed by atoms with Gasteiger partial charge in [0.15, 0.2) is 0 Å². The zero-order chi connectivity index (χ0) is 11.5. The average Bonchev–Trinajstić information content (AvgIpc) is 2.92. The van der Waals surface area contributed by atoms with E-state index in [1.165, 1.54) is 0 Å². The Kier molecular flexibility index (Phi) is 1.68. The van der Waals surface area contributed by atoms with Crippen LogP contribution < -0.4 is 5.32 Å². The maximum Gasteiger partial charge on any atom is 0.471 e. The first-order valence-corrected chi connectivity index (χ1v) is 4.36. The monoisotopic (exact) mass is 223 g/mol. The largest absolute Gasteiger partial charge is 0.479 e. The van der Waals surface area contributed by atoms with Crippen molar-refractivity contribution >= 4 is 11.9 Å². The normalized spacial score (nSPS) is 31.1. The Hall–Kier alpha value is -1.27. The third-order valence-corrected chi connectivity index (χ3v) is 3.19. The SMILES string of the molecule is O=C(NC1(C(=O)O)CC12CC2)C(F)(F)F. The number of rotatable bonds is 2. The second kappa shape index (κ2) is 2.45. The average molecular weight is 223 g/mol. The van der Waals surface area contributed by atoms with Crippen LogP contribution in [0.5, 0.6) is 0 Å². The van der Waals surface area contributed by atoms with Crippen molar-refractivity contribution in [3.05, 3.63) is 0 Å². The fourth-order valence-corrected chi connectivity index (χ4v) is 2.02. The second-order valence-electron chi connectivity index (χ2n) is 4.12. The number of aliphatic carboxylic acids is 1. The van der Waals surface area contributed by atoms with Crippen LogP contribution in [0.15, 0.2) is 0 Å². The molecular formula is C8H8F3NO3. The molecule has 2 aliphatic rings. The van der Waals surface area contributed by atoms with Crippen molar-refractivity contribution in [2.45, 2.75) is 31.0 Å². The Morgan fingerprint density at radius 3 is 2.07 bits per heavy atom. The lowest BCUT2D eigenvalue weighted by molar-refractivity contribution is -0.176. The van der Waals surface area contributed by atoms with Gasteiger partial charge in [-0.25, -0.2) is 4.79 Å². The molecule has 0 bridgehead atoms. The Morgan fingerprint density at radius 1 is 1.27 bits per heavy atom. The van der Waals surface area contributed by atoms with Gasteiger partial charge in [-0.2, -0.15) is 13.2 Å². The van der Waals surface area contributed by atoms with Crippen LogP contribution in [-0.2, 0) is 9.59 Å². The predicted octanol–water partition coefficient (Wildman–Crippen LogP) is 0.672. The van der Waals surface area contributed by atoms with Gasteiger partial charge in [-0.15, -0.1) is 0 Å². The third-order valence-electron chi connectivity index (χ3n) is 3.19. The van der Waals surface area contributed by atoms with Gasteiger partial charge in [0, 0.05) is 5.41 Å². The number of hydrogen-bond donors (Lipinski definition) is 2. The molecule has 2 rings (SSSR count). The fraction of sp³-hybridized carbons (Fsp3) is 0.750. The molecule has 0 radical (unpaired) electrons. The summed E-state index contributed by atoms with van der Waals surface area (Å²) in [5.41, 5.74) is -2.26. The summed E-state index contributed by atoms with van der Waals surface area (Å²) in [6, 6.07) is 0. The van der Waals surface area contributed by atoms with E-state index in [2.05, 4.69) is 0 Å². The van der Waals surface area contributed by atoms with E-state index in [9.17, 15) is 22.8 Å². The first-order valence-electron chi connectivity index (χ1n) is 4.36. The lowest BCUT2D eigenvalue weighted by Gasteiger charge is -2.15. The minimum Gasteiger partial charge on any atom is -0.479 e. The first kappa shape index (κ1) is 10.3. The standard InChI is InChI=1S/C8H8F3NO3/c9-8(10,11)4(13)12-7(5(14)15)3-6(7)1-2-6/h1-3H2,(H,12,13)(H,14,15). The minimum atomic E-state index is -5.03. The molecule has 2 aliphatic carbocycles. The van der Waals surface area contributed by atoms with Crippen LogP contribution >= 0.6 is 0 Å². The molecule has 2 fully saturated rings. The van der Waals surface area contributed by atoms with Crippen molar-refractivity contribution in [2.24, 2.45) is 5.41 Å². The highest BCUT2D eigenvalue weighted by atomic mass is 19.4. The van der Waals surface area contributed by atoms with Crippen molar-refractivity contribution in [3.63, 3.8) is 0 Å². The number of carbonyl (C=O) groups excluding carboxylic acids is 1. The van der Waals surface area contributed by atoms with Crippen molar-refractivity contribution in [1.82, 2.24) is 5.32 Å². The van der Waals surface area contributed by atoms with Gasteiger partial charge in [0.1, 0.15) is 5.54 Å². The molecule has 2 N–H and O–H groups in total. The van der Waals surface area contributed by atoms with Crippen LogP contribution in [0.25, 0.3) is 0 Å². The van der Waals surface area contributed by atoms with Gasteiger partial charge in [-0.05, 0) is 19.3 Å². The molecule has 1 amide bonds. The predicted molar refractivity (Wildman–Crippen MR) is 40.8 cm³/mol. The van der Waals surface area contributed by atoms with Crippen LogP contribution in [0.2, 0.25) is 0 Å². The zero-order valence-electron chi connectivity index (χ0n) is 7.52. The van der Waals surface area contributed by atoms with Gasteiger partial charge in [0.25, 0.3) is 0 Å². The molecule has 7 heteroatoms. The summed E-state index contributed by atoms with van der Waals surface area (Å²) in [5.74, 6) is -3.55. The van der Waals surface area contributed by atoms with E-state index in [0.29, 0.717) is 12.8 Å². The maximum absolute atomic E-state index is 11.9. The molecule has 0 saturated heterocycles. The van der Waals surface area contributed by atoms with Gasteiger partial charge in [0.2, 0.25) is 0 Å². The Balaban J connectivity index is 2.11. The van der Waals surface area contributed by atoms with Crippen LogP contribution in [0.4, 0.5) is 13.2 Å². The number of carboxylic acids is 1. The van der Waals surface area contributed by atoms with Gasteiger partial charge in [-0.1, -0.05) is 0 Å². The van der Waals surface area contributed by atoms with Gasteiger partial charge < -0.3 is 10.4 Å². The van der Waals surface area contributed by atoms with Gasteiger partial charge in [0.05, 0.1) is 0 Å². The number of carbonyl (C=O) groups is 2. The van der Waals surface area contributed by atoms with E-state index in [0.717, 1.165) is 0 Å². The third kappa shape index (κ3) is 1.29. The summed E-state index contributed by atoms with van der Waals surface area (Å²) >= 11 is 0. The molecule has 1 unspecified atom stereocenters. The highest BCUT2D eigenvalue weighted by Crippen LogP contribution is 2.73. The molecule has 84 valence electrons. The summed E-state index contributed by atoms with van der Waals surface area (Å²) in [6.45, 7) is 0. The topological polar surface area (TPSA) is 66.4 Å². The van der Waals surface area contributed by atoms with E-state index < -0.39 is 29.0 Å². The minimum absolute atomic E-state index is 0.108. The summed E-state index contributed by atoms with van der Waals surface area (Å²) in [6.07, 6.45) is -3.78. The second-order valence-corrected chi connectivity index (χ2v) is 4.12. The van der Waals surface area contributed by atoms with Crippen LogP contribution in [-0.4, -0.2) is 28.7 Å². The fourth-order valence-electron chi connectivity index (χ4n) is 2.02. The van der Waals surface area contributed by atoms with Crippen LogP contribution in [0.1, 0.15) is 19.3 Å². The molecule has 15 heavy (non-hydrogen) atoms. The molecule has 1 atom stereocenters. The lowest BCUT2D eigenvalue weighted by atomic mass is 10.2.